The number of aromatic hydroxyl groups is 1. The number of anilines is 1. The monoisotopic (exact) mass is 507 g/mol. The molecule has 1 amide bonds. The predicted octanol–water partition coefficient (Wildman–Crippen LogP) is 1.63. The molecule has 194 valence electrons. The normalized spacial score (nSPS) is 29.0. The Labute approximate surface area is 212 Å². The van der Waals surface area contributed by atoms with Crippen LogP contribution in [0.25, 0.3) is 11.3 Å². The van der Waals surface area contributed by atoms with Crippen LogP contribution in [0.15, 0.2) is 41.8 Å². The molecule has 0 aliphatic heterocycles. The Morgan fingerprint density at radius 1 is 1.22 bits per heavy atom. The number of benzene rings is 1. The highest BCUT2D eigenvalue weighted by Crippen LogP contribution is 2.53. The van der Waals surface area contributed by atoms with E-state index in [1.165, 1.54) is 0 Å². The van der Waals surface area contributed by atoms with Gasteiger partial charge in [0.2, 0.25) is 5.91 Å². The van der Waals surface area contributed by atoms with Gasteiger partial charge in [-0.25, -0.2) is 0 Å². The fourth-order valence-corrected chi connectivity index (χ4v) is 6.17. The number of nitrogens with two attached hydrogens (primary N) is 1. The Morgan fingerprint density at radius 2 is 1.95 bits per heavy atom. The van der Waals surface area contributed by atoms with Crippen molar-refractivity contribution in [3.05, 3.63) is 52.9 Å². The molecule has 1 saturated carbocycles. The van der Waals surface area contributed by atoms with Crippen molar-refractivity contribution in [2.24, 2.45) is 23.5 Å². The lowest BCUT2D eigenvalue weighted by Crippen LogP contribution is -2.63. The number of phenolic OH excluding ortho intramolecular Hbond substituents is 1. The molecule has 0 spiro atoms. The summed E-state index contributed by atoms with van der Waals surface area (Å²) in [5, 5.41) is 47.4. The van der Waals surface area contributed by atoms with Crippen molar-refractivity contribution in [3.8, 4) is 17.0 Å². The number of ketones is 2. The van der Waals surface area contributed by atoms with Gasteiger partial charge in [-0.15, -0.1) is 0 Å². The Bertz CT molecular complexity index is 1350. The number of aliphatic hydroxyl groups is 3. The van der Waals surface area contributed by atoms with E-state index < -0.39 is 52.7 Å². The lowest BCUT2D eigenvalue weighted by Gasteiger charge is -2.48. The number of aliphatic hydroxyl groups excluding tert-OH is 2. The molecule has 2 unspecified atom stereocenters. The average Bonchev–Trinajstić information content (AvgIpc) is 2.83. The van der Waals surface area contributed by atoms with Crippen LogP contribution < -0.4 is 11.1 Å². The van der Waals surface area contributed by atoms with Crippen molar-refractivity contribution in [2.75, 3.05) is 5.32 Å². The number of hydrogen-bond acceptors (Lipinski definition) is 9. The largest absolute Gasteiger partial charge is 0.508 e. The van der Waals surface area contributed by atoms with E-state index in [4.69, 9.17) is 5.73 Å². The first-order valence-electron chi connectivity index (χ1n) is 12.3. The number of nitrogens with one attached hydrogen (secondary N) is 1. The molecule has 2 aromatic rings. The zero-order chi connectivity index (χ0) is 26.8. The van der Waals surface area contributed by atoms with Crippen molar-refractivity contribution < 1.29 is 34.8 Å². The van der Waals surface area contributed by atoms with Crippen LogP contribution >= 0.6 is 0 Å². The smallest absolute Gasteiger partial charge is 0.230 e. The van der Waals surface area contributed by atoms with Gasteiger partial charge in [-0.1, -0.05) is 6.07 Å². The number of pyridine rings is 1. The molecule has 0 saturated heterocycles. The first-order chi connectivity index (χ1) is 17.5. The van der Waals surface area contributed by atoms with Crippen LogP contribution in [0.5, 0.6) is 5.75 Å². The van der Waals surface area contributed by atoms with Crippen LogP contribution in [-0.4, -0.2) is 60.6 Å². The number of hydrogen-bond donors (Lipinski definition) is 6. The minimum Gasteiger partial charge on any atom is -0.508 e. The van der Waals surface area contributed by atoms with Crippen molar-refractivity contribution in [2.45, 2.75) is 50.9 Å². The number of primary amides is 1. The van der Waals surface area contributed by atoms with Crippen LogP contribution in [0.1, 0.15) is 42.6 Å². The lowest BCUT2D eigenvalue weighted by molar-refractivity contribution is -0.167. The Hall–Kier alpha value is -3.76. The molecule has 7 N–H and O–H groups in total. The summed E-state index contributed by atoms with van der Waals surface area (Å²) in [5.74, 6) is -7.34. The molecular weight excluding hydrogens is 478 g/mol. The number of carbonyl (C=O) groups is 3. The van der Waals surface area contributed by atoms with Gasteiger partial charge in [-0.05, 0) is 62.8 Å². The van der Waals surface area contributed by atoms with Crippen LogP contribution in [0.3, 0.4) is 0 Å². The van der Waals surface area contributed by atoms with Gasteiger partial charge in [-0.3, -0.25) is 19.4 Å². The second kappa shape index (κ2) is 8.67. The van der Waals surface area contributed by atoms with E-state index in [0.717, 1.165) is 0 Å². The zero-order valence-electron chi connectivity index (χ0n) is 20.4. The number of fused-ring (bicyclic) bond motifs is 3. The highest BCUT2D eigenvalue weighted by molar-refractivity contribution is 6.17. The minimum absolute atomic E-state index is 0.0408. The molecule has 0 bridgehead atoms. The molecule has 1 heterocycles. The Morgan fingerprint density at radius 3 is 2.57 bits per heavy atom. The van der Waals surface area contributed by atoms with Crippen molar-refractivity contribution in [1.82, 2.24) is 4.98 Å². The van der Waals surface area contributed by atoms with Gasteiger partial charge in [0.1, 0.15) is 17.4 Å². The third kappa shape index (κ3) is 3.62. The summed E-state index contributed by atoms with van der Waals surface area (Å²) < 4.78 is 0. The third-order valence-electron chi connectivity index (χ3n) is 7.77. The van der Waals surface area contributed by atoms with E-state index >= 15 is 0 Å². The van der Waals surface area contributed by atoms with E-state index in [1.54, 1.807) is 24.4 Å². The maximum Gasteiger partial charge on any atom is 0.230 e. The lowest BCUT2D eigenvalue weighted by atomic mass is 9.57. The van der Waals surface area contributed by atoms with Gasteiger partial charge < -0.3 is 31.5 Å². The molecule has 1 fully saturated rings. The quantitative estimate of drug-likeness (QED) is 0.264. The first kappa shape index (κ1) is 24.9. The summed E-state index contributed by atoms with van der Waals surface area (Å²) in [7, 11) is 0. The average molecular weight is 508 g/mol. The summed E-state index contributed by atoms with van der Waals surface area (Å²) >= 11 is 0. The van der Waals surface area contributed by atoms with Crippen molar-refractivity contribution in [1.29, 1.82) is 0 Å². The molecular formula is C27H29N3O7. The standard InChI is InChI=1S/C27H29N3O7/c1-11(2)30-17-10-14(16-5-3-4-6-29-16)15-8-12-7-13-9-18(31)21(26(28)36)25(35)27(13,37)24(34)19(12)23(33)20(15)22(17)32/h3-6,10-13,18,21,30-32,34,37H,7-9H2,1-2H3,(H2,28,36)/t12-,13+,18?,21?,27+/m1/s1. The van der Waals surface area contributed by atoms with Gasteiger partial charge >= 0.3 is 0 Å². The van der Waals surface area contributed by atoms with Crippen LogP contribution in [0.4, 0.5) is 5.69 Å². The van der Waals surface area contributed by atoms with Crippen LogP contribution in [0.2, 0.25) is 0 Å². The predicted molar refractivity (Wildman–Crippen MR) is 133 cm³/mol. The van der Waals surface area contributed by atoms with E-state index in [-0.39, 0.29) is 42.2 Å². The highest BCUT2D eigenvalue weighted by atomic mass is 16.3. The molecule has 0 radical (unpaired) electrons. The summed E-state index contributed by atoms with van der Waals surface area (Å²) in [6.45, 7) is 3.75. The minimum atomic E-state index is -2.54. The highest BCUT2D eigenvalue weighted by Gasteiger charge is 2.62. The third-order valence-corrected chi connectivity index (χ3v) is 7.77. The molecule has 3 aliphatic rings. The van der Waals surface area contributed by atoms with Crippen molar-refractivity contribution >= 4 is 23.2 Å². The van der Waals surface area contributed by atoms with E-state index in [1.807, 2.05) is 19.9 Å². The second-order valence-corrected chi connectivity index (χ2v) is 10.4. The SMILES string of the molecule is CC(C)Nc1cc(-c2ccccn2)c2c(c1O)C(=O)C1=C(O)[C@]3(O)C(=O)C(C(N)=O)C(O)C[C@@H]3C[C@@H]1C2. The molecule has 10 heteroatoms. The zero-order valence-corrected chi connectivity index (χ0v) is 20.4. The van der Waals surface area contributed by atoms with Gasteiger partial charge in [-0.2, -0.15) is 0 Å². The molecule has 10 nitrogen and oxygen atoms in total. The summed E-state index contributed by atoms with van der Waals surface area (Å²) in [5.41, 5.74) is 4.62. The summed E-state index contributed by atoms with van der Waals surface area (Å²) in [4.78, 5) is 43.4. The molecule has 5 atom stereocenters. The number of amides is 1. The van der Waals surface area contributed by atoms with Crippen molar-refractivity contribution in [3.63, 3.8) is 0 Å². The first-order valence-corrected chi connectivity index (χ1v) is 12.3. The molecule has 37 heavy (non-hydrogen) atoms. The maximum atomic E-state index is 13.9. The molecule has 1 aromatic carbocycles. The number of allylic oxidation sites excluding steroid dienone is 1. The summed E-state index contributed by atoms with van der Waals surface area (Å²) in [6, 6.07) is 7.03. The van der Waals surface area contributed by atoms with Gasteiger partial charge in [0.15, 0.2) is 17.2 Å². The Balaban J connectivity index is 1.72. The van der Waals surface area contributed by atoms with Crippen LogP contribution in [0, 0.1) is 17.8 Å². The number of nitrogens with zero attached hydrogens (tertiary/aromatic N) is 1. The van der Waals surface area contributed by atoms with Gasteiger partial charge in [0.05, 0.1) is 23.0 Å². The fraction of sp³-hybridized carbons (Fsp3) is 0.407. The topological polar surface area (TPSA) is 183 Å². The Kier molecular flexibility index (Phi) is 5.84. The number of phenols is 1. The van der Waals surface area contributed by atoms with Crippen LogP contribution in [-0.2, 0) is 16.0 Å². The fourth-order valence-electron chi connectivity index (χ4n) is 6.17. The number of carbonyl (C=O) groups excluding carboxylic acids is 3. The van der Waals surface area contributed by atoms with Gasteiger partial charge in [0.25, 0.3) is 0 Å². The summed E-state index contributed by atoms with van der Waals surface area (Å²) in [6.07, 6.45) is 0.382. The molecule has 1 aromatic heterocycles. The maximum absolute atomic E-state index is 13.9. The van der Waals surface area contributed by atoms with E-state index in [2.05, 4.69) is 10.3 Å². The number of aromatic nitrogens is 1. The van der Waals surface area contributed by atoms with Gasteiger partial charge in [0, 0.05) is 29.3 Å². The second-order valence-electron chi connectivity index (χ2n) is 10.4. The number of Topliss-reactive ketones (excluding diaryl/α,β-unsaturated/α-hetero) is 2. The molecule has 5 rings (SSSR count). The van der Waals surface area contributed by atoms with E-state index in [9.17, 15) is 34.8 Å². The molecule has 3 aliphatic carbocycles. The number of rotatable bonds is 4. The van der Waals surface area contributed by atoms with E-state index in [0.29, 0.717) is 22.5 Å².